The number of carbonyl (C=O) groups excluding carboxylic acids is 2. The molecule has 2 aromatic carbocycles. The van der Waals surface area contributed by atoms with E-state index >= 15 is 0 Å². The second kappa shape index (κ2) is 9.14. The van der Waals surface area contributed by atoms with E-state index in [9.17, 15) is 19.7 Å². The molecule has 0 bridgehead atoms. The highest BCUT2D eigenvalue weighted by Gasteiger charge is 2.18. The number of hydrogen-bond donors (Lipinski definition) is 1. The first-order chi connectivity index (χ1) is 13.0. The molecule has 0 saturated heterocycles. The number of amides is 1. The molecule has 0 fully saturated rings. The van der Waals surface area contributed by atoms with Gasteiger partial charge in [-0.15, -0.1) is 0 Å². The molecule has 0 saturated carbocycles. The van der Waals surface area contributed by atoms with E-state index in [1.54, 1.807) is 37.3 Å². The van der Waals surface area contributed by atoms with Crippen LogP contribution in [-0.2, 0) is 9.53 Å². The number of methoxy groups -OCH3 is 1. The third-order valence-electron chi connectivity index (χ3n) is 3.49. The first-order valence-electron chi connectivity index (χ1n) is 8.04. The van der Waals surface area contributed by atoms with E-state index in [0.29, 0.717) is 11.1 Å². The number of esters is 1. The Kier molecular flexibility index (Phi) is 6.65. The second-order valence-electron chi connectivity index (χ2n) is 5.29. The Balaban J connectivity index is 2.39. The minimum atomic E-state index is -0.750. The highest BCUT2D eigenvalue weighted by molar-refractivity contribution is 6.03. The van der Waals surface area contributed by atoms with Crippen molar-refractivity contribution in [1.29, 1.82) is 0 Å². The lowest BCUT2D eigenvalue weighted by atomic mass is 10.1. The smallest absolute Gasteiger partial charge is 0.354 e. The van der Waals surface area contributed by atoms with Crippen LogP contribution in [0.1, 0.15) is 22.8 Å². The van der Waals surface area contributed by atoms with Crippen molar-refractivity contribution in [2.24, 2.45) is 0 Å². The van der Waals surface area contributed by atoms with Crippen molar-refractivity contribution in [3.8, 4) is 5.75 Å². The molecule has 0 spiro atoms. The van der Waals surface area contributed by atoms with Gasteiger partial charge in [0.15, 0.2) is 5.75 Å². The van der Waals surface area contributed by atoms with Crippen molar-refractivity contribution >= 4 is 23.6 Å². The van der Waals surface area contributed by atoms with E-state index in [0.717, 1.165) is 0 Å². The third-order valence-corrected chi connectivity index (χ3v) is 3.49. The van der Waals surface area contributed by atoms with Gasteiger partial charge in [0.25, 0.3) is 5.91 Å². The summed E-state index contributed by atoms with van der Waals surface area (Å²) >= 11 is 0. The number of rotatable bonds is 7. The van der Waals surface area contributed by atoms with Crippen LogP contribution in [0, 0.1) is 10.1 Å². The summed E-state index contributed by atoms with van der Waals surface area (Å²) in [5.74, 6) is -1.17. The summed E-state index contributed by atoms with van der Waals surface area (Å²) in [6.07, 6.45) is 1.31. The van der Waals surface area contributed by atoms with Crippen molar-refractivity contribution in [3.05, 3.63) is 75.5 Å². The van der Waals surface area contributed by atoms with Gasteiger partial charge in [0.2, 0.25) is 0 Å². The number of benzene rings is 2. The zero-order chi connectivity index (χ0) is 19.8. The average Bonchev–Trinajstić information content (AvgIpc) is 2.68. The van der Waals surface area contributed by atoms with Gasteiger partial charge < -0.3 is 14.8 Å². The maximum Gasteiger partial charge on any atom is 0.354 e. The zero-order valence-electron chi connectivity index (χ0n) is 14.8. The summed E-state index contributed by atoms with van der Waals surface area (Å²) in [4.78, 5) is 35.1. The van der Waals surface area contributed by atoms with Crippen LogP contribution in [-0.4, -0.2) is 30.5 Å². The van der Waals surface area contributed by atoms with Crippen molar-refractivity contribution < 1.29 is 24.0 Å². The first-order valence-corrected chi connectivity index (χ1v) is 8.04. The minimum absolute atomic E-state index is 0.0863. The van der Waals surface area contributed by atoms with Crippen LogP contribution in [0.15, 0.2) is 54.2 Å². The Labute approximate surface area is 155 Å². The fraction of sp³-hybridized carbons (Fsp3) is 0.158. The molecular weight excluding hydrogens is 352 g/mol. The number of nitro groups is 1. The molecule has 0 atom stereocenters. The topological polar surface area (TPSA) is 108 Å². The fourth-order valence-corrected chi connectivity index (χ4v) is 2.25. The Morgan fingerprint density at radius 3 is 2.48 bits per heavy atom. The predicted octanol–water partition coefficient (Wildman–Crippen LogP) is 2.94. The van der Waals surface area contributed by atoms with E-state index in [1.165, 1.54) is 31.4 Å². The van der Waals surface area contributed by atoms with Gasteiger partial charge in [0.1, 0.15) is 5.70 Å². The van der Waals surface area contributed by atoms with Crippen molar-refractivity contribution in [1.82, 2.24) is 5.32 Å². The van der Waals surface area contributed by atoms with Crippen molar-refractivity contribution in [2.45, 2.75) is 6.92 Å². The molecule has 1 N–H and O–H groups in total. The fourth-order valence-electron chi connectivity index (χ4n) is 2.25. The van der Waals surface area contributed by atoms with Crippen LogP contribution in [0.4, 0.5) is 5.69 Å². The highest BCUT2D eigenvalue weighted by atomic mass is 16.6. The number of nitro benzene ring substituents is 1. The lowest BCUT2D eigenvalue weighted by Crippen LogP contribution is -2.28. The largest absolute Gasteiger partial charge is 0.490 e. The zero-order valence-corrected chi connectivity index (χ0v) is 14.8. The number of nitrogens with zero attached hydrogens (tertiary/aromatic N) is 1. The van der Waals surface area contributed by atoms with E-state index in [1.807, 2.05) is 0 Å². The molecule has 0 heterocycles. The van der Waals surface area contributed by atoms with Gasteiger partial charge in [-0.3, -0.25) is 14.9 Å². The molecule has 1 amide bonds. The molecule has 27 heavy (non-hydrogen) atoms. The summed E-state index contributed by atoms with van der Waals surface area (Å²) in [6, 6.07) is 12.5. The van der Waals surface area contributed by atoms with E-state index in [2.05, 4.69) is 5.32 Å². The molecule has 140 valence electrons. The summed E-state index contributed by atoms with van der Waals surface area (Å²) in [6.45, 7) is 1.74. The molecule has 0 aliphatic heterocycles. The molecule has 0 aliphatic rings. The van der Waals surface area contributed by atoms with Gasteiger partial charge in [0, 0.05) is 11.6 Å². The molecular formula is C19H18N2O6. The van der Waals surface area contributed by atoms with Crippen molar-refractivity contribution in [3.63, 3.8) is 0 Å². The van der Waals surface area contributed by atoms with Crippen LogP contribution in [0.25, 0.3) is 6.08 Å². The molecule has 2 rings (SSSR count). The summed E-state index contributed by atoms with van der Waals surface area (Å²) in [7, 11) is 1.32. The lowest BCUT2D eigenvalue weighted by Gasteiger charge is -2.10. The first kappa shape index (κ1) is 19.6. The van der Waals surface area contributed by atoms with Gasteiger partial charge in [-0.1, -0.05) is 24.3 Å². The SMILES string of the molecule is CCOC(=O)C(=Cc1ccc(OC)c([N+](=O)[O-])c1)NC(=O)c1ccccc1. The van der Waals surface area contributed by atoms with Gasteiger partial charge in [-0.2, -0.15) is 0 Å². The summed E-state index contributed by atoms with van der Waals surface area (Å²) < 4.78 is 9.91. The van der Waals surface area contributed by atoms with E-state index in [-0.39, 0.29) is 23.7 Å². The predicted molar refractivity (Wildman–Crippen MR) is 98.2 cm³/mol. The van der Waals surface area contributed by atoms with Crippen LogP contribution in [0.3, 0.4) is 0 Å². The van der Waals surface area contributed by atoms with Crippen LogP contribution in [0.5, 0.6) is 5.75 Å². The molecule has 8 heteroatoms. The molecule has 0 radical (unpaired) electrons. The van der Waals surface area contributed by atoms with Gasteiger partial charge in [-0.05, 0) is 36.8 Å². The normalized spacial score (nSPS) is 10.8. The van der Waals surface area contributed by atoms with Crippen LogP contribution in [0.2, 0.25) is 0 Å². The third kappa shape index (κ3) is 5.15. The summed E-state index contributed by atoms with van der Waals surface area (Å²) in [5, 5.41) is 13.7. The Hall–Kier alpha value is -3.68. The Morgan fingerprint density at radius 1 is 1.19 bits per heavy atom. The maximum absolute atomic E-state index is 12.3. The molecule has 0 aromatic heterocycles. The van der Waals surface area contributed by atoms with E-state index in [4.69, 9.17) is 9.47 Å². The molecule has 0 unspecified atom stereocenters. The highest BCUT2D eigenvalue weighted by Crippen LogP contribution is 2.28. The van der Waals surface area contributed by atoms with Crippen molar-refractivity contribution in [2.75, 3.05) is 13.7 Å². The standard InChI is InChI=1S/C19H18N2O6/c1-3-27-19(23)15(20-18(22)14-7-5-4-6-8-14)11-13-9-10-17(26-2)16(12-13)21(24)25/h4-12H,3H2,1-2H3,(H,20,22). The quantitative estimate of drug-likeness (QED) is 0.347. The number of ether oxygens (including phenoxy) is 2. The second-order valence-corrected chi connectivity index (χ2v) is 5.29. The maximum atomic E-state index is 12.3. The molecule has 0 aliphatic carbocycles. The summed E-state index contributed by atoms with van der Waals surface area (Å²) in [5.41, 5.74) is 0.293. The van der Waals surface area contributed by atoms with Crippen LogP contribution < -0.4 is 10.1 Å². The van der Waals surface area contributed by atoms with Gasteiger partial charge in [0.05, 0.1) is 18.6 Å². The number of nitrogens with one attached hydrogen (secondary N) is 1. The minimum Gasteiger partial charge on any atom is -0.490 e. The molecule has 2 aromatic rings. The van der Waals surface area contributed by atoms with Gasteiger partial charge >= 0.3 is 11.7 Å². The Bertz CT molecular complexity index is 877. The lowest BCUT2D eigenvalue weighted by molar-refractivity contribution is -0.385. The van der Waals surface area contributed by atoms with Crippen LogP contribution >= 0.6 is 0 Å². The van der Waals surface area contributed by atoms with Gasteiger partial charge in [-0.25, -0.2) is 4.79 Å². The monoisotopic (exact) mass is 370 g/mol. The average molecular weight is 370 g/mol. The number of hydrogen-bond acceptors (Lipinski definition) is 6. The number of carbonyl (C=O) groups is 2. The van der Waals surface area contributed by atoms with E-state index < -0.39 is 16.8 Å². The Morgan fingerprint density at radius 2 is 1.89 bits per heavy atom. The molecule has 8 nitrogen and oxygen atoms in total.